The Balaban J connectivity index is 2.04. The highest BCUT2D eigenvalue weighted by Crippen LogP contribution is 2.15. The number of rotatable bonds is 2. The van der Waals surface area contributed by atoms with Crippen LogP contribution in [0.15, 0.2) is 46.1 Å². The van der Waals surface area contributed by atoms with Crippen molar-refractivity contribution in [2.24, 2.45) is 0 Å². The summed E-state index contributed by atoms with van der Waals surface area (Å²) >= 11 is 5.89. The first kappa shape index (κ1) is 15.0. The summed E-state index contributed by atoms with van der Waals surface area (Å²) in [6.45, 7) is 1.59. The first-order valence-corrected chi connectivity index (χ1v) is 7.02. The van der Waals surface area contributed by atoms with E-state index < -0.39 is 11.5 Å². The molecule has 7 nitrogen and oxygen atoms in total. The van der Waals surface area contributed by atoms with Gasteiger partial charge < -0.3 is 4.98 Å². The molecule has 2 heterocycles. The van der Waals surface area contributed by atoms with Crippen molar-refractivity contribution in [2.45, 2.75) is 6.92 Å². The van der Waals surface area contributed by atoms with Gasteiger partial charge in [0.2, 0.25) is 5.56 Å². The molecule has 0 radical (unpaired) electrons. The van der Waals surface area contributed by atoms with Gasteiger partial charge in [-0.15, -0.1) is 0 Å². The molecule has 2 aromatic heterocycles. The van der Waals surface area contributed by atoms with E-state index in [2.05, 4.69) is 15.4 Å². The van der Waals surface area contributed by atoms with Crippen molar-refractivity contribution in [2.75, 3.05) is 5.43 Å². The fourth-order valence-corrected chi connectivity index (χ4v) is 2.29. The number of carbonyl (C=O) groups is 1. The summed E-state index contributed by atoms with van der Waals surface area (Å²) in [6, 6.07) is 7.30. The van der Waals surface area contributed by atoms with Crippen LogP contribution in [0.5, 0.6) is 0 Å². The predicted molar refractivity (Wildman–Crippen MR) is 86.5 cm³/mol. The van der Waals surface area contributed by atoms with Crippen LogP contribution in [-0.4, -0.2) is 20.6 Å². The van der Waals surface area contributed by atoms with E-state index in [1.165, 1.54) is 18.3 Å². The standard InChI is InChI=1S/C15H11ClN4O3/c1-8-18-12-6-10(16)3-4-11(12)15(23)20(8)19-14(22)9-2-5-13(21)17-7-9/h2-7H,1H3,(H,17,21)(H,19,22). The Morgan fingerprint density at radius 3 is 2.74 bits per heavy atom. The van der Waals surface area contributed by atoms with Gasteiger partial charge in [-0.05, 0) is 31.2 Å². The first-order valence-electron chi connectivity index (χ1n) is 6.65. The quantitative estimate of drug-likeness (QED) is 0.742. The minimum atomic E-state index is -0.540. The van der Waals surface area contributed by atoms with Crippen LogP contribution in [-0.2, 0) is 0 Å². The Morgan fingerprint density at radius 2 is 2.04 bits per heavy atom. The molecule has 0 aliphatic carbocycles. The molecule has 0 spiro atoms. The van der Waals surface area contributed by atoms with E-state index in [9.17, 15) is 14.4 Å². The molecule has 0 bridgehead atoms. The minimum Gasteiger partial charge on any atom is -0.328 e. The lowest BCUT2D eigenvalue weighted by molar-refractivity contribution is 0.101. The maximum Gasteiger partial charge on any atom is 0.280 e. The number of aryl methyl sites for hydroxylation is 1. The van der Waals surface area contributed by atoms with Crippen LogP contribution >= 0.6 is 11.6 Å². The van der Waals surface area contributed by atoms with E-state index in [1.54, 1.807) is 25.1 Å². The molecule has 8 heteroatoms. The Labute approximate surface area is 134 Å². The third-order valence-electron chi connectivity index (χ3n) is 3.26. The van der Waals surface area contributed by atoms with E-state index in [0.29, 0.717) is 21.7 Å². The Bertz CT molecular complexity index is 1020. The maximum atomic E-state index is 12.5. The number of aromatic amines is 1. The van der Waals surface area contributed by atoms with Gasteiger partial charge in [-0.1, -0.05) is 11.6 Å². The third-order valence-corrected chi connectivity index (χ3v) is 3.49. The van der Waals surface area contributed by atoms with Gasteiger partial charge in [0.15, 0.2) is 0 Å². The van der Waals surface area contributed by atoms with Crippen molar-refractivity contribution < 1.29 is 4.79 Å². The SMILES string of the molecule is Cc1nc2cc(Cl)ccc2c(=O)n1NC(=O)c1ccc(=O)[nH]c1. The highest BCUT2D eigenvalue weighted by molar-refractivity contribution is 6.31. The minimum absolute atomic E-state index is 0.215. The number of pyridine rings is 1. The zero-order valence-electron chi connectivity index (χ0n) is 12.0. The zero-order valence-corrected chi connectivity index (χ0v) is 12.7. The molecule has 0 saturated carbocycles. The monoisotopic (exact) mass is 330 g/mol. The largest absolute Gasteiger partial charge is 0.328 e. The molecule has 0 fully saturated rings. The van der Waals surface area contributed by atoms with Gasteiger partial charge in [0, 0.05) is 17.3 Å². The summed E-state index contributed by atoms with van der Waals surface area (Å²) in [5.41, 5.74) is 2.40. The number of nitrogens with one attached hydrogen (secondary N) is 2. The number of halogens is 1. The zero-order chi connectivity index (χ0) is 16.6. The van der Waals surface area contributed by atoms with Gasteiger partial charge in [0.05, 0.1) is 16.5 Å². The Kier molecular flexibility index (Phi) is 3.71. The fraction of sp³-hybridized carbons (Fsp3) is 0.0667. The van der Waals surface area contributed by atoms with Crippen molar-refractivity contribution in [3.8, 4) is 0 Å². The van der Waals surface area contributed by atoms with Crippen LogP contribution in [0.25, 0.3) is 10.9 Å². The van der Waals surface area contributed by atoms with Crippen LogP contribution in [0.1, 0.15) is 16.2 Å². The van der Waals surface area contributed by atoms with Crippen LogP contribution in [0, 0.1) is 6.92 Å². The molecule has 0 unspecified atom stereocenters. The van der Waals surface area contributed by atoms with Crippen molar-refractivity contribution in [3.63, 3.8) is 0 Å². The van der Waals surface area contributed by atoms with Gasteiger partial charge in [-0.3, -0.25) is 19.8 Å². The molecule has 1 amide bonds. The predicted octanol–water partition coefficient (Wildman–Crippen LogP) is 1.43. The fourth-order valence-electron chi connectivity index (χ4n) is 2.12. The van der Waals surface area contributed by atoms with Crippen LogP contribution < -0.4 is 16.5 Å². The number of aromatic nitrogens is 3. The van der Waals surface area contributed by atoms with E-state index in [1.807, 2.05) is 0 Å². The Morgan fingerprint density at radius 1 is 1.26 bits per heavy atom. The second kappa shape index (κ2) is 5.69. The molecular weight excluding hydrogens is 320 g/mol. The lowest BCUT2D eigenvalue weighted by atomic mass is 10.2. The van der Waals surface area contributed by atoms with Gasteiger partial charge in [0.1, 0.15) is 5.82 Å². The lowest BCUT2D eigenvalue weighted by Gasteiger charge is -2.12. The van der Waals surface area contributed by atoms with Gasteiger partial charge in [-0.2, -0.15) is 0 Å². The second-order valence-electron chi connectivity index (χ2n) is 4.84. The molecule has 1 aromatic carbocycles. The van der Waals surface area contributed by atoms with E-state index in [4.69, 9.17) is 11.6 Å². The topological polar surface area (TPSA) is 96.8 Å². The van der Waals surface area contributed by atoms with Crippen LogP contribution in [0.2, 0.25) is 5.02 Å². The summed E-state index contributed by atoms with van der Waals surface area (Å²) in [5, 5.41) is 0.806. The molecule has 116 valence electrons. The van der Waals surface area contributed by atoms with Crippen LogP contribution in [0.4, 0.5) is 0 Å². The number of benzene rings is 1. The van der Waals surface area contributed by atoms with Crippen molar-refractivity contribution in [1.29, 1.82) is 0 Å². The summed E-state index contributed by atoms with van der Waals surface area (Å²) < 4.78 is 1.06. The molecule has 0 aliphatic rings. The lowest BCUT2D eigenvalue weighted by Crippen LogP contribution is -2.35. The van der Waals surface area contributed by atoms with E-state index >= 15 is 0 Å². The maximum absolute atomic E-state index is 12.5. The summed E-state index contributed by atoms with van der Waals surface area (Å²) in [7, 11) is 0. The number of nitrogens with zero attached hydrogens (tertiary/aromatic N) is 2. The second-order valence-corrected chi connectivity index (χ2v) is 5.28. The molecule has 2 N–H and O–H groups in total. The van der Waals surface area contributed by atoms with Crippen LogP contribution in [0.3, 0.4) is 0 Å². The number of H-pyrrole nitrogens is 1. The molecular formula is C15H11ClN4O3. The van der Waals surface area contributed by atoms with Gasteiger partial charge in [-0.25, -0.2) is 9.66 Å². The summed E-state index contributed by atoms with van der Waals surface area (Å²) in [6.07, 6.45) is 1.27. The summed E-state index contributed by atoms with van der Waals surface area (Å²) in [4.78, 5) is 42.4. The molecule has 0 aliphatic heterocycles. The molecule has 0 saturated heterocycles. The van der Waals surface area contributed by atoms with E-state index in [-0.39, 0.29) is 11.1 Å². The number of fused-ring (bicyclic) bond motifs is 1. The average molecular weight is 331 g/mol. The average Bonchev–Trinajstić information content (AvgIpc) is 2.51. The number of hydrogen-bond acceptors (Lipinski definition) is 4. The van der Waals surface area contributed by atoms with Gasteiger partial charge >= 0.3 is 0 Å². The first-order chi connectivity index (χ1) is 11.0. The van der Waals surface area contributed by atoms with Gasteiger partial charge in [0.25, 0.3) is 11.5 Å². The van der Waals surface area contributed by atoms with E-state index in [0.717, 1.165) is 4.68 Å². The summed E-state index contributed by atoms with van der Waals surface area (Å²) in [5.74, 6) is -0.232. The third kappa shape index (κ3) is 2.86. The van der Waals surface area contributed by atoms with Crippen molar-refractivity contribution >= 4 is 28.4 Å². The highest BCUT2D eigenvalue weighted by atomic mass is 35.5. The molecule has 3 rings (SSSR count). The number of hydrogen-bond donors (Lipinski definition) is 2. The molecule has 23 heavy (non-hydrogen) atoms. The highest BCUT2D eigenvalue weighted by Gasteiger charge is 2.12. The Hall–Kier alpha value is -2.93. The molecule has 0 atom stereocenters. The van der Waals surface area contributed by atoms with Crippen molar-refractivity contribution in [3.05, 3.63) is 73.6 Å². The normalized spacial score (nSPS) is 10.7. The smallest absolute Gasteiger partial charge is 0.280 e. The number of amides is 1. The number of carbonyl (C=O) groups excluding carboxylic acids is 1. The van der Waals surface area contributed by atoms with Crippen molar-refractivity contribution in [1.82, 2.24) is 14.6 Å². The molecule has 3 aromatic rings.